The maximum Gasteiger partial charge on any atom is 0.305 e. The van der Waals surface area contributed by atoms with Gasteiger partial charge in [-0.25, -0.2) is 0 Å². The van der Waals surface area contributed by atoms with Gasteiger partial charge in [0.25, 0.3) is 0 Å². The second-order valence-electron chi connectivity index (χ2n) is 13.0. The van der Waals surface area contributed by atoms with Crippen molar-refractivity contribution in [3.8, 4) is 0 Å². The summed E-state index contributed by atoms with van der Waals surface area (Å²) in [5, 5.41) is 35.0. The molecule has 7 unspecified atom stereocenters. The third-order valence-corrected chi connectivity index (χ3v) is 8.87. The number of aliphatic carboxylic acids is 1. The molecule has 0 aliphatic heterocycles. The summed E-state index contributed by atoms with van der Waals surface area (Å²) in [5.41, 5.74) is 6.52. The topological polar surface area (TPSA) is 291 Å². The number of hydrogen-bond donors (Lipinski definition) is 11. The molecule has 2 aromatic rings. The van der Waals surface area contributed by atoms with Crippen LogP contribution in [0.3, 0.4) is 0 Å². The lowest BCUT2D eigenvalue weighted by Crippen LogP contribution is -2.61. The Kier molecular flexibility index (Phi) is 17.2. The summed E-state index contributed by atoms with van der Waals surface area (Å²) < 4.78 is 0. The second-order valence-corrected chi connectivity index (χ2v) is 13.3. The van der Waals surface area contributed by atoms with Crippen LogP contribution in [-0.2, 0) is 44.8 Å². The Morgan fingerprint density at radius 3 is 1.87 bits per heavy atom. The Balaban J connectivity index is 2.38. The van der Waals surface area contributed by atoms with Crippen LogP contribution in [0, 0.1) is 11.8 Å². The van der Waals surface area contributed by atoms with E-state index in [4.69, 9.17) is 5.73 Å². The Morgan fingerprint density at radius 1 is 0.774 bits per heavy atom. The van der Waals surface area contributed by atoms with Crippen LogP contribution in [0.25, 0.3) is 10.9 Å². The quantitative estimate of drug-likeness (QED) is 0.0636. The van der Waals surface area contributed by atoms with E-state index in [1.807, 2.05) is 6.92 Å². The number of aliphatic hydroxyl groups is 1. The molecular weight excluding hydrogens is 712 g/mol. The number of aromatic nitrogens is 1. The van der Waals surface area contributed by atoms with Gasteiger partial charge in [-0.1, -0.05) is 52.3 Å². The fraction of sp³-hybridized carbons (Fsp3) is 0.529. The van der Waals surface area contributed by atoms with Gasteiger partial charge >= 0.3 is 5.97 Å². The number of carbonyl (C=O) groups is 8. The first-order chi connectivity index (χ1) is 24.9. The van der Waals surface area contributed by atoms with Crippen molar-refractivity contribution in [2.24, 2.45) is 17.6 Å². The molecule has 7 atom stereocenters. The summed E-state index contributed by atoms with van der Waals surface area (Å²) in [4.78, 5) is 105. The molecule has 1 heterocycles. The molecule has 1 aromatic heterocycles. The van der Waals surface area contributed by atoms with Crippen molar-refractivity contribution in [1.29, 1.82) is 0 Å². The maximum absolute atomic E-state index is 13.8. The molecule has 0 saturated carbocycles. The summed E-state index contributed by atoms with van der Waals surface area (Å²) in [5.74, 6) is -8.39. The average Bonchev–Trinajstić information content (AvgIpc) is 3.51. The summed E-state index contributed by atoms with van der Waals surface area (Å²) in [6.07, 6.45) is 1.04. The molecule has 2 rings (SSSR count). The molecule has 292 valence electrons. The molecule has 0 aliphatic carbocycles. The standard InChI is InChI=1S/C34H50N8O10S/c1-6-17(4)28(37-18(5)44)34(52)42-27(16(2)3)33(51)40-24(14-43)32(50)38-22(11-19-13-36-21-10-8-7-9-20(19)21)30(48)39-23(12-26(45)46)31(49)41-25(15-53)29(35)47/h7-10,13,16-17,22-25,27-28,36,43,53H,6,11-12,14-15H2,1-5H3,(H2,35,47)(H,37,44)(H,38,50)(H,39,48)(H,40,51)(H,41,49)(H,42,52)(H,45,46). The van der Waals surface area contributed by atoms with E-state index in [1.165, 1.54) is 6.92 Å². The number of fused-ring (bicyclic) bond motifs is 1. The first-order valence-corrected chi connectivity index (χ1v) is 17.6. The number of benzene rings is 1. The lowest BCUT2D eigenvalue weighted by atomic mass is 9.96. The van der Waals surface area contributed by atoms with E-state index < -0.39 is 103 Å². The Morgan fingerprint density at radius 2 is 1.32 bits per heavy atom. The number of primary amides is 1. The minimum atomic E-state index is -1.72. The number of carbonyl (C=O) groups excluding carboxylic acids is 7. The third kappa shape index (κ3) is 13.1. The van der Waals surface area contributed by atoms with Gasteiger partial charge in [-0.3, -0.25) is 38.4 Å². The number of H-pyrrole nitrogens is 1. The number of para-hydroxylation sites is 1. The van der Waals surface area contributed by atoms with Crippen molar-refractivity contribution in [2.75, 3.05) is 12.4 Å². The minimum absolute atomic E-state index is 0.194. The molecule has 7 amide bonds. The Bertz CT molecular complexity index is 1650. The maximum atomic E-state index is 13.8. The molecule has 11 N–H and O–H groups in total. The van der Waals surface area contributed by atoms with E-state index in [0.29, 0.717) is 22.9 Å². The smallest absolute Gasteiger partial charge is 0.305 e. The number of carboxylic acid groups (broad SMARTS) is 1. The SMILES string of the molecule is CCC(C)C(NC(C)=O)C(=O)NC(C(=O)NC(CO)C(=O)NC(Cc1c[nH]c2ccccc12)C(=O)NC(CC(=O)O)C(=O)NC(CS)C(N)=O)C(C)C. The van der Waals surface area contributed by atoms with Crippen molar-refractivity contribution in [3.05, 3.63) is 36.0 Å². The number of carboxylic acids is 1. The summed E-state index contributed by atoms with van der Waals surface area (Å²) in [6, 6.07) is -1.21. The predicted molar refractivity (Wildman–Crippen MR) is 196 cm³/mol. The highest BCUT2D eigenvalue weighted by Gasteiger charge is 2.35. The molecular formula is C34H50N8O10S. The van der Waals surface area contributed by atoms with Gasteiger partial charge in [-0.05, 0) is 23.5 Å². The van der Waals surface area contributed by atoms with Gasteiger partial charge in [0.1, 0.15) is 36.3 Å². The zero-order valence-electron chi connectivity index (χ0n) is 30.2. The number of nitrogens with two attached hydrogens (primary N) is 1. The Hall–Kier alpha value is -5.17. The number of hydrogen-bond acceptors (Lipinski definition) is 10. The second kappa shape index (κ2) is 20.8. The van der Waals surface area contributed by atoms with Crippen LogP contribution in [-0.4, -0.2) is 111 Å². The van der Waals surface area contributed by atoms with E-state index in [9.17, 15) is 48.6 Å². The number of thiol groups is 1. The van der Waals surface area contributed by atoms with Crippen LogP contribution in [0.4, 0.5) is 0 Å². The number of aromatic amines is 1. The van der Waals surface area contributed by atoms with E-state index >= 15 is 0 Å². The van der Waals surface area contributed by atoms with Gasteiger partial charge in [-0.2, -0.15) is 12.6 Å². The molecule has 0 bridgehead atoms. The summed E-state index contributed by atoms with van der Waals surface area (Å²) in [6.45, 7) is 7.21. The predicted octanol–water partition coefficient (Wildman–Crippen LogP) is -1.78. The molecule has 0 spiro atoms. The summed E-state index contributed by atoms with van der Waals surface area (Å²) in [7, 11) is 0. The van der Waals surface area contributed by atoms with Crippen LogP contribution in [0.15, 0.2) is 30.5 Å². The Labute approximate surface area is 311 Å². The van der Waals surface area contributed by atoms with Crippen LogP contribution in [0.2, 0.25) is 0 Å². The van der Waals surface area contributed by atoms with Gasteiger partial charge in [-0.15, -0.1) is 0 Å². The van der Waals surface area contributed by atoms with Crippen LogP contribution in [0.5, 0.6) is 0 Å². The van der Waals surface area contributed by atoms with Crippen molar-refractivity contribution in [1.82, 2.24) is 36.9 Å². The minimum Gasteiger partial charge on any atom is -0.481 e. The van der Waals surface area contributed by atoms with E-state index in [0.717, 1.165) is 0 Å². The van der Waals surface area contributed by atoms with Crippen molar-refractivity contribution in [3.63, 3.8) is 0 Å². The van der Waals surface area contributed by atoms with Crippen molar-refractivity contribution in [2.45, 2.75) is 90.1 Å². The van der Waals surface area contributed by atoms with E-state index in [-0.39, 0.29) is 18.1 Å². The highest BCUT2D eigenvalue weighted by molar-refractivity contribution is 7.80. The number of nitrogens with one attached hydrogen (secondary N) is 7. The number of amides is 7. The third-order valence-electron chi connectivity index (χ3n) is 8.50. The van der Waals surface area contributed by atoms with Gasteiger partial charge in [0.2, 0.25) is 41.4 Å². The fourth-order valence-electron chi connectivity index (χ4n) is 5.29. The van der Waals surface area contributed by atoms with Gasteiger partial charge in [0, 0.05) is 36.2 Å². The normalized spacial score (nSPS) is 15.1. The molecule has 18 nitrogen and oxygen atoms in total. The lowest BCUT2D eigenvalue weighted by molar-refractivity contribution is -0.141. The first-order valence-electron chi connectivity index (χ1n) is 17.0. The van der Waals surface area contributed by atoms with Crippen molar-refractivity contribution >= 4 is 70.9 Å². The molecule has 0 aliphatic rings. The zero-order valence-corrected chi connectivity index (χ0v) is 31.1. The van der Waals surface area contributed by atoms with Crippen LogP contribution >= 0.6 is 12.6 Å². The average molecular weight is 763 g/mol. The largest absolute Gasteiger partial charge is 0.481 e. The molecule has 19 heteroatoms. The molecule has 0 radical (unpaired) electrons. The zero-order chi connectivity index (χ0) is 40.0. The van der Waals surface area contributed by atoms with E-state index in [1.54, 1.807) is 51.2 Å². The van der Waals surface area contributed by atoms with Crippen molar-refractivity contribution < 1.29 is 48.6 Å². The molecule has 0 fully saturated rings. The van der Waals surface area contributed by atoms with Crippen LogP contribution < -0.4 is 37.6 Å². The van der Waals surface area contributed by atoms with Gasteiger partial charge in [0.15, 0.2) is 0 Å². The first kappa shape index (κ1) is 44.0. The number of rotatable bonds is 21. The molecule has 0 saturated heterocycles. The molecule has 1 aromatic carbocycles. The van der Waals surface area contributed by atoms with Gasteiger partial charge in [0.05, 0.1) is 13.0 Å². The summed E-state index contributed by atoms with van der Waals surface area (Å²) >= 11 is 3.96. The monoisotopic (exact) mass is 762 g/mol. The van der Waals surface area contributed by atoms with Gasteiger partial charge < -0.3 is 52.8 Å². The molecule has 53 heavy (non-hydrogen) atoms. The highest BCUT2D eigenvalue weighted by atomic mass is 32.1. The number of aliphatic hydroxyl groups excluding tert-OH is 1. The van der Waals surface area contributed by atoms with Crippen LogP contribution in [0.1, 0.15) is 53.0 Å². The fourth-order valence-corrected chi connectivity index (χ4v) is 5.56. The lowest BCUT2D eigenvalue weighted by Gasteiger charge is -2.29. The van der Waals surface area contributed by atoms with E-state index in [2.05, 4.69) is 49.5 Å². The highest BCUT2D eigenvalue weighted by Crippen LogP contribution is 2.19.